The van der Waals surface area contributed by atoms with E-state index in [4.69, 9.17) is 4.42 Å². The lowest BCUT2D eigenvalue weighted by Crippen LogP contribution is -2.11. The average molecular weight is 644 g/mol. The minimum Gasteiger partial charge on any atom is -0.456 e. The van der Waals surface area contributed by atoms with Crippen molar-refractivity contribution in [3.05, 3.63) is 176 Å². The summed E-state index contributed by atoms with van der Waals surface area (Å²) in [4.78, 5) is 2.46. The summed E-state index contributed by atoms with van der Waals surface area (Å²) in [5.74, 6) is 0. The van der Waals surface area contributed by atoms with Gasteiger partial charge in [0.1, 0.15) is 11.2 Å². The molecule has 2 heterocycles. The van der Waals surface area contributed by atoms with Gasteiger partial charge in [-0.05, 0) is 69.9 Å². The molecule has 2 aromatic heterocycles. The molecular weight excluding hydrogens is 615 g/mol. The van der Waals surface area contributed by atoms with Gasteiger partial charge < -0.3 is 9.32 Å². The van der Waals surface area contributed by atoms with E-state index in [0.29, 0.717) is 0 Å². The van der Waals surface area contributed by atoms with Crippen molar-refractivity contribution in [2.45, 2.75) is 0 Å². The van der Waals surface area contributed by atoms with Gasteiger partial charge in [0.25, 0.3) is 0 Å². The maximum atomic E-state index is 6.63. The first kappa shape index (κ1) is 27.9. The molecule has 0 saturated carbocycles. The molecule has 230 valence electrons. The Morgan fingerprint density at radius 3 is 1.92 bits per heavy atom. The van der Waals surface area contributed by atoms with E-state index in [2.05, 4.69) is 181 Å². The monoisotopic (exact) mass is 643 g/mol. The number of nitrogens with zero attached hydrogens (tertiary/aromatic N) is 1. The normalized spacial score (nSPS) is 11.7. The molecule has 0 amide bonds. The summed E-state index contributed by atoms with van der Waals surface area (Å²) in [5.41, 5.74) is 9.78. The van der Waals surface area contributed by atoms with Crippen LogP contribution in [0.1, 0.15) is 0 Å². The summed E-state index contributed by atoms with van der Waals surface area (Å²) in [6.45, 7) is 0. The molecule has 10 aromatic rings. The number of anilines is 3. The van der Waals surface area contributed by atoms with Crippen LogP contribution in [0, 0.1) is 0 Å². The van der Waals surface area contributed by atoms with E-state index in [-0.39, 0.29) is 0 Å². The lowest BCUT2D eigenvalue weighted by Gasteiger charge is -2.29. The van der Waals surface area contributed by atoms with Gasteiger partial charge >= 0.3 is 0 Å². The SMILES string of the molecule is c1ccc(-c2ccc(N(c3cc4c(cc3-c3ccccc3)oc3ccc5ccccc5c34)c3cccc4c3sc3ccccc34)cc2)cc1. The molecule has 0 aliphatic heterocycles. The summed E-state index contributed by atoms with van der Waals surface area (Å²) < 4.78 is 9.18. The van der Waals surface area contributed by atoms with Gasteiger partial charge in [-0.15, -0.1) is 11.3 Å². The first-order valence-corrected chi connectivity index (χ1v) is 17.4. The fraction of sp³-hybridized carbons (Fsp3) is 0. The number of fused-ring (bicyclic) bond motifs is 8. The standard InChI is InChI=1S/C46H29NOS/c1-3-12-30(13-4-1)31-22-25-34(26-23-31)47(40-20-11-19-37-36-18-9-10-21-44(36)49-46(37)40)41-28-39-43(29-38(41)32-14-5-2-6-15-32)48-42-27-24-33-16-7-8-17-35(33)45(39)42/h1-29H. The Bertz CT molecular complexity index is 2810. The van der Waals surface area contributed by atoms with Gasteiger partial charge in [-0.25, -0.2) is 0 Å². The maximum Gasteiger partial charge on any atom is 0.136 e. The summed E-state index contributed by atoms with van der Waals surface area (Å²) in [6, 6.07) is 63.2. The molecule has 0 atom stereocenters. The molecule has 0 unspecified atom stereocenters. The molecule has 0 fully saturated rings. The summed E-state index contributed by atoms with van der Waals surface area (Å²) in [7, 11) is 0. The lowest BCUT2D eigenvalue weighted by molar-refractivity contribution is 0.669. The highest BCUT2D eigenvalue weighted by Crippen LogP contribution is 2.49. The Morgan fingerprint density at radius 2 is 1.10 bits per heavy atom. The zero-order valence-electron chi connectivity index (χ0n) is 26.5. The molecule has 0 spiro atoms. The van der Waals surface area contributed by atoms with Gasteiger partial charge in [-0.1, -0.05) is 133 Å². The summed E-state index contributed by atoms with van der Waals surface area (Å²) in [5, 5.41) is 7.21. The molecule has 10 rings (SSSR count). The Morgan fingerprint density at radius 1 is 0.429 bits per heavy atom. The molecule has 0 aliphatic carbocycles. The fourth-order valence-corrected chi connectivity index (χ4v) is 8.57. The second kappa shape index (κ2) is 11.2. The van der Waals surface area contributed by atoms with Gasteiger partial charge in [0.2, 0.25) is 0 Å². The number of furan rings is 1. The second-order valence-corrected chi connectivity index (χ2v) is 13.5. The first-order chi connectivity index (χ1) is 24.3. The van der Waals surface area contributed by atoms with Crippen LogP contribution in [-0.4, -0.2) is 0 Å². The van der Waals surface area contributed by atoms with E-state index in [1.165, 1.54) is 42.1 Å². The van der Waals surface area contributed by atoms with E-state index in [9.17, 15) is 0 Å². The van der Waals surface area contributed by atoms with Gasteiger partial charge in [0.15, 0.2) is 0 Å². The Kier molecular flexibility index (Phi) is 6.39. The first-order valence-electron chi connectivity index (χ1n) is 16.6. The third kappa shape index (κ3) is 4.55. The highest BCUT2D eigenvalue weighted by atomic mass is 32.1. The molecule has 0 radical (unpaired) electrons. The van der Waals surface area contributed by atoms with Crippen LogP contribution < -0.4 is 4.90 Å². The smallest absolute Gasteiger partial charge is 0.136 e. The molecular formula is C46H29NOS. The zero-order chi connectivity index (χ0) is 32.3. The Balaban J connectivity index is 1.31. The van der Waals surface area contributed by atoms with E-state index in [1.54, 1.807) is 0 Å². The van der Waals surface area contributed by atoms with Gasteiger partial charge in [0.05, 0.1) is 16.1 Å². The predicted octanol–water partition coefficient (Wildman–Crippen LogP) is 13.9. The molecule has 49 heavy (non-hydrogen) atoms. The molecule has 0 aliphatic rings. The van der Waals surface area contributed by atoms with Crippen molar-refractivity contribution < 1.29 is 4.42 Å². The number of thiophene rings is 1. The van der Waals surface area contributed by atoms with Crippen molar-refractivity contribution in [1.82, 2.24) is 0 Å². The highest BCUT2D eigenvalue weighted by molar-refractivity contribution is 7.26. The molecule has 0 N–H and O–H groups in total. The third-order valence-corrected chi connectivity index (χ3v) is 10.9. The van der Waals surface area contributed by atoms with Crippen LogP contribution in [0.4, 0.5) is 17.1 Å². The molecule has 0 bridgehead atoms. The largest absolute Gasteiger partial charge is 0.456 e. The zero-order valence-corrected chi connectivity index (χ0v) is 27.3. The maximum absolute atomic E-state index is 6.63. The molecule has 8 aromatic carbocycles. The van der Waals surface area contributed by atoms with E-state index in [1.807, 2.05) is 11.3 Å². The van der Waals surface area contributed by atoms with Gasteiger partial charge in [0, 0.05) is 37.5 Å². The minimum absolute atomic E-state index is 0.883. The molecule has 2 nitrogen and oxygen atoms in total. The van der Waals surface area contributed by atoms with Crippen LogP contribution in [0.15, 0.2) is 180 Å². The van der Waals surface area contributed by atoms with Crippen LogP contribution in [0.25, 0.3) is 75.1 Å². The second-order valence-electron chi connectivity index (χ2n) is 12.5. The molecule has 3 heteroatoms. The van der Waals surface area contributed by atoms with Crippen LogP contribution >= 0.6 is 11.3 Å². The lowest BCUT2D eigenvalue weighted by atomic mass is 9.97. The summed E-state index contributed by atoms with van der Waals surface area (Å²) in [6.07, 6.45) is 0. The number of hydrogen-bond donors (Lipinski definition) is 0. The van der Waals surface area contributed by atoms with Crippen LogP contribution in [-0.2, 0) is 0 Å². The van der Waals surface area contributed by atoms with Crippen molar-refractivity contribution in [2.24, 2.45) is 0 Å². The topological polar surface area (TPSA) is 16.4 Å². The van der Waals surface area contributed by atoms with Crippen molar-refractivity contribution in [1.29, 1.82) is 0 Å². The van der Waals surface area contributed by atoms with Gasteiger partial charge in [-0.3, -0.25) is 0 Å². The van der Waals surface area contributed by atoms with Crippen LogP contribution in [0.5, 0.6) is 0 Å². The Hall–Kier alpha value is -6.16. The number of rotatable bonds is 5. The van der Waals surface area contributed by atoms with Crippen LogP contribution in [0.3, 0.4) is 0 Å². The highest BCUT2D eigenvalue weighted by Gasteiger charge is 2.24. The number of hydrogen-bond acceptors (Lipinski definition) is 3. The number of benzene rings is 8. The molecule has 0 saturated heterocycles. The minimum atomic E-state index is 0.883. The average Bonchev–Trinajstić information content (AvgIpc) is 3.74. The van der Waals surface area contributed by atoms with Crippen molar-refractivity contribution in [2.75, 3.05) is 4.90 Å². The van der Waals surface area contributed by atoms with E-state index in [0.717, 1.165) is 50.1 Å². The third-order valence-electron chi connectivity index (χ3n) is 9.66. The van der Waals surface area contributed by atoms with E-state index >= 15 is 0 Å². The van der Waals surface area contributed by atoms with Crippen molar-refractivity contribution in [3.63, 3.8) is 0 Å². The van der Waals surface area contributed by atoms with Crippen LogP contribution in [0.2, 0.25) is 0 Å². The fourth-order valence-electron chi connectivity index (χ4n) is 7.36. The van der Waals surface area contributed by atoms with E-state index < -0.39 is 0 Å². The van der Waals surface area contributed by atoms with Gasteiger partial charge in [-0.2, -0.15) is 0 Å². The Labute approximate surface area is 287 Å². The quantitative estimate of drug-likeness (QED) is 0.186. The predicted molar refractivity (Wildman–Crippen MR) is 210 cm³/mol. The van der Waals surface area contributed by atoms with Crippen molar-refractivity contribution >= 4 is 81.3 Å². The van der Waals surface area contributed by atoms with Crippen molar-refractivity contribution in [3.8, 4) is 22.3 Å². The summed E-state index contributed by atoms with van der Waals surface area (Å²) >= 11 is 1.86.